The molecule has 164 valence electrons. The third kappa shape index (κ3) is 5.66. The molecule has 1 aliphatic heterocycles. The average molecular weight is 430 g/mol. The van der Waals surface area contributed by atoms with Crippen LogP contribution in [0.15, 0.2) is 79.0 Å². The summed E-state index contributed by atoms with van der Waals surface area (Å²) in [6.07, 6.45) is 5.25. The van der Waals surface area contributed by atoms with Crippen molar-refractivity contribution in [3.05, 3.63) is 90.3 Å². The summed E-state index contributed by atoms with van der Waals surface area (Å²) in [5.74, 6) is 1.66. The smallest absolute Gasteiger partial charge is 0.246 e. The number of anilines is 1. The van der Waals surface area contributed by atoms with Gasteiger partial charge in [0.05, 0.1) is 12.8 Å². The molecule has 6 nitrogen and oxygen atoms in total. The molecule has 0 atom stereocenters. The number of piperazine rings is 1. The van der Waals surface area contributed by atoms with Crippen LogP contribution < -0.4 is 14.4 Å². The van der Waals surface area contributed by atoms with Crippen LogP contribution in [-0.4, -0.2) is 49.1 Å². The molecule has 1 amide bonds. The minimum absolute atomic E-state index is 0.0369. The molecule has 1 fully saturated rings. The first-order valence-corrected chi connectivity index (χ1v) is 10.7. The molecule has 4 rings (SSSR count). The molecule has 6 heteroatoms. The molecule has 0 unspecified atom stereocenters. The zero-order valence-electron chi connectivity index (χ0n) is 18.2. The molecule has 3 aromatic rings. The first-order chi connectivity index (χ1) is 15.7. The zero-order chi connectivity index (χ0) is 22.2. The van der Waals surface area contributed by atoms with Crippen molar-refractivity contribution in [2.75, 3.05) is 38.2 Å². The van der Waals surface area contributed by atoms with E-state index in [0.717, 1.165) is 41.5 Å². The number of amides is 1. The first-order valence-electron chi connectivity index (χ1n) is 10.7. The second kappa shape index (κ2) is 10.5. The number of hydrogen-bond acceptors (Lipinski definition) is 5. The Morgan fingerprint density at radius 1 is 0.938 bits per heavy atom. The van der Waals surface area contributed by atoms with Gasteiger partial charge in [0.15, 0.2) is 0 Å². The molecule has 0 bridgehead atoms. The Balaban J connectivity index is 1.25. The van der Waals surface area contributed by atoms with Gasteiger partial charge in [0, 0.05) is 44.1 Å². The summed E-state index contributed by atoms with van der Waals surface area (Å²) >= 11 is 0. The predicted molar refractivity (Wildman–Crippen MR) is 126 cm³/mol. The van der Waals surface area contributed by atoms with Crippen LogP contribution in [0.3, 0.4) is 0 Å². The largest absolute Gasteiger partial charge is 0.497 e. The van der Waals surface area contributed by atoms with Gasteiger partial charge in [-0.15, -0.1) is 0 Å². The van der Waals surface area contributed by atoms with E-state index in [-0.39, 0.29) is 5.91 Å². The Morgan fingerprint density at radius 3 is 2.31 bits per heavy atom. The quantitative estimate of drug-likeness (QED) is 0.531. The van der Waals surface area contributed by atoms with Crippen LogP contribution in [0.25, 0.3) is 6.08 Å². The molecule has 2 heterocycles. The van der Waals surface area contributed by atoms with Gasteiger partial charge < -0.3 is 19.3 Å². The van der Waals surface area contributed by atoms with Gasteiger partial charge in [0.25, 0.3) is 0 Å². The molecule has 2 aromatic carbocycles. The fraction of sp³-hybridized carbons (Fsp3) is 0.231. The van der Waals surface area contributed by atoms with Crippen LogP contribution in [0.5, 0.6) is 11.5 Å². The fourth-order valence-corrected chi connectivity index (χ4v) is 3.57. The molecule has 32 heavy (non-hydrogen) atoms. The standard InChI is InChI=1S/C26H27N3O3/c1-31-24-12-8-23(9-13-24)28-16-18-29(19-17-28)26(30)14-7-21-5-10-25(11-6-21)32-20-22-4-2-3-15-27-22/h2-15H,16-20H2,1H3. The Kier molecular flexibility index (Phi) is 7.02. The number of benzene rings is 2. The highest BCUT2D eigenvalue weighted by Crippen LogP contribution is 2.21. The highest BCUT2D eigenvalue weighted by atomic mass is 16.5. The molecule has 0 aliphatic carbocycles. The topological polar surface area (TPSA) is 54.9 Å². The van der Waals surface area contributed by atoms with Crippen molar-refractivity contribution in [2.24, 2.45) is 0 Å². The van der Waals surface area contributed by atoms with E-state index in [1.165, 1.54) is 0 Å². The number of carbonyl (C=O) groups is 1. The summed E-state index contributed by atoms with van der Waals surface area (Å²) in [6, 6.07) is 21.5. The van der Waals surface area contributed by atoms with Crippen molar-refractivity contribution >= 4 is 17.7 Å². The van der Waals surface area contributed by atoms with Crippen molar-refractivity contribution < 1.29 is 14.3 Å². The minimum atomic E-state index is 0.0369. The van der Waals surface area contributed by atoms with Gasteiger partial charge in [-0.05, 0) is 60.2 Å². The lowest BCUT2D eigenvalue weighted by molar-refractivity contribution is -0.126. The van der Waals surface area contributed by atoms with Crippen LogP contribution >= 0.6 is 0 Å². The van der Waals surface area contributed by atoms with Gasteiger partial charge in [0.1, 0.15) is 18.1 Å². The van der Waals surface area contributed by atoms with Crippen molar-refractivity contribution in [1.29, 1.82) is 0 Å². The van der Waals surface area contributed by atoms with Crippen LogP contribution in [0, 0.1) is 0 Å². The Hall–Kier alpha value is -3.80. The number of carbonyl (C=O) groups excluding carboxylic acids is 1. The number of methoxy groups -OCH3 is 1. The van der Waals surface area contributed by atoms with E-state index in [9.17, 15) is 4.79 Å². The van der Waals surface area contributed by atoms with Crippen LogP contribution in [-0.2, 0) is 11.4 Å². The predicted octanol–water partition coefficient (Wildman–Crippen LogP) is 4.03. The molecule has 1 aromatic heterocycles. The van der Waals surface area contributed by atoms with E-state index >= 15 is 0 Å². The molecule has 0 saturated carbocycles. The number of pyridine rings is 1. The summed E-state index contributed by atoms with van der Waals surface area (Å²) in [6.45, 7) is 3.46. The zero-order valence-corrected chi connectivity index (χ0v) is 18.2. The number of rotatable bonds is 7. The van der Waals surface area contributed by atoms with Gasteiger partial charge in [-0.25, -0.2) is 0 Å². The number of nitrogens with zero attached hydrogens (tertiary/aromatic N) is 3. The highest BCUT2D eigenvalue weighted by Gasteiger charge is 2.19. The van der Waals surface area contributed by atoms with Gasteiger partial charge in [-0.2, -0.15) is 0 Å². The molecule has 1 aliphatic rings. The lowest BCUT2D eigenvalue weighted by Gasteiger charge is -2.35. The Labute approximate surface area is 188 Å². The fourth-order valence-electron chi connectivity index (χ4n) is 3.57. The maximum Gasteiger partial charge on any atom is 0.246 e. The summed E-state index contributed by atoms with van der Waals surface area (Å²) in [4.78, 5) is 21.0. The molecular weight excluding hydrogens is 402 g/mol. The normalized spacial score (nSPS) is 13.9. The highest BCUT2D eigenvalue weighted by molar-refractivity contribution is 5.92. The summed E-state index contributed by atoms with van der Waals surface area (Å²) in [7, 11) is 1.67. The number of aromatic nitrogens is 1. The molecular formula is C26H27N3O3. The third-order valence-electron chi connectivity index (χ3n) is 5.44. The summed E-state index contributed by atoms with van der Waals surface area (Å²) in [5.41, 5.74) is 2.99. The van der Waals surface area contributed by atoms with Crippen LogP contribution in [0.4, 0.5) is 5.69 Å². The monoisotopic (exact) mass is 429 g/mol. The SMILES string of the molecule is COc1ccc(N2CCN(C(=O)C=Cc3ccc(OCc4ccccn4)cc3)CC2)cc1. The first kappa shape index (κ1) is 21.4. The van der Waals surface area contributed by atoms with Crippen molar-refractivity contribution in [1.82, 2.24) is 9.88 Å². The molecule has 0 spiro atoms. The maximum absolute atomic E-state index is 12.6. The molecule has 1 saturated heterocycles. The van der Waals surface area contributed by atoms with E-state index in [0.29, 0.717) is 19.7 Å². The van der Waals surface area contributed by atoms with Crippen molar-refractivity contribution in [2.45, 2.75) is 6.61 Å². The van der Waals surface area contributed by atoms with E-state index in [1.54, 1.807) is 19.4 Å². The second-order valence-electron chi connectivity index (χ2n) is 7.52. The molecule has 0 radical (unpaired) electrons. The lowest BCUT2D eigenvalue weighted by atomic mass is 10.2. The molecule has 0 N–H and O–H groups in total. The van der Waals surface area contributed by atoms with E-state index in [4.69, 9.17) is 9.47 Å². The average Bonchev–Trinajstić information content (AvgIpc) is 2.87. The van der Waals surface area contributed by atoms with E-state index < -0.39 is 0 Å². The van der Waals surface area contributed by atoms with Gasteiger partial charge in [-0.3, -0.25) is 9.78 Å². The van der Waals surface area contributed by atoms with Gasteiger partial charge in [-0.1, -0.05) is 18.2 Å². The third-order valence-corrected chi connectivity index (χ3v) is 5.44. The Morgan fingerprint density at radius 2 is 1.66 bits per heavy atom. The summed E-state index contributed by atoms with van der Waals surface area (Å²) in [5, 5.41) is 0. The lowest BCUT2D eigenvalue weighted by Crippen LogP contribution is -2.48. The van der Waals surface area contributed by atoms with Crippen LogP contribution in [0.1, 0.15) is 11.3 Å². The Bertz CT molecular complexity index is 1030. The van der Waals surface area contributed by atoms with Crippen LogP contribution in [0.2, 0.25) is 0 Å². The van der Waals surface area contributed by atoms with Crippen molar-refractivity contribution in [3.63, 3.8) is 0 Å². The summed E-state index contributed by atoms with van der Waals surface area (Å²) < 4.78 is 11.0. The second-order valence-corrected chi connectivity index (χ2v) is 7.52. The van der Waals surface area contributed by atoms with E-state index in [2.05, 4.69) is 22.0 Å². The van der Waals surface area contributed by atoms with Gasteiger partial charge in [0.2, 0.25) is 5.91 Å². The van der Waals surface area contributed by atoms with Gasteiger partial charge >= 0.3 is 0 Å². The number of ether oxygens (including phenoxy) is 2. The van der Waals surface area contributed by atoms with Crippen molar-refractivity contribution in [3.8, 4) is 11.5 Å². The minimum Gasteiger partial charge on any atom is -0.497 e. The number of hydrogen-bond donors (Lipinski definition) is 0. The maximum atomic E-state index is 12.6. The van der Waals surface area contributed by atoms with E-state index in [1.807, 2.05) is 65.6 Å².